The van der Waals surface area contributed by atoms with Crippen LogP contribution < -0.4 is 0 Å². The van der Waals surface area contributed by atoms with E-state index < -0.39 is 50.9 Å². The Hall–Kier alpha value is 0.267. The number of alkyl halides is 1. The minimum Gasteiger partial charge on any atom is -0.408 e. The lowest BCUT2D eigenvalue weighted by Gasteiger charge is -2.63. The standard InChI is InChI=1S/C16H29ClO6Si/c1-15(2,3)24(4,5)23-11-10-9(18)12-16(19,7-6-8-17)13(11)22-14(20-10)21-12/h9-14,18-19H,6-8H2,1-5H3/t9-,10-,11+,12-,13-,14-,16-/m0/s1. The lowest BCUT2D eigenvalue weighted by atomic mass is 9.71. The maximum atomic E-state index is 11.3. The molecule has 4 bridgehead atoms. The summed E-state index contributed by atoms with van der Waals surface area (Å²) in [6.45, 7) is 9.88. The van der Waals surface area contributed by atoms with Gasteiger partial charge in [0.25, 0.3) is 6.48 Å². The highest BCUT2D eigenvalue weighted by Crippen LogP contribution is 2.50. The molecule has 6 nitrogen and oxygen atoms in total. The van der Waals surface area contributed by atoms with Gasteiger partial charge in [-0.3, -0.25) is 0 Å². The zero-order valence-corrected chi connectivity index (χ0v) is 16.7. The second kappa shape index (κ2) is 6.16. The third-order valence-corrected chi connectivity index (χ3v) is 10.7. The van der Waals surface area contributed by atoms with Gasteiger partial charge in [0.15, 0.2) is 8.32 Å². The normalized spacial score (nSPS) is 45.0. The molecule has 140 valence electrons. The first-order valence-electron chi connectivity index (χ1n) is 8.62. The summed E-state index contributed by atoms with van der Waals surface area (Å²) < 4.78 is 23.5. The van der Waals surface area contributed by atoms with Crippen LogP contribution in [0, 0.1) is 0 Å². The fraction of sp³-hybridized carbons (Fsp3) is 1.00. The monoisotopic (exact) mass is 380 g/mol. The van der Waals surface area contributed by atoms with Crippen LogP contribution in [0.2, 0.25) is 18.1 Å². The predicted octanol–water partition coefficient (Wildman–Crippen LogP) is 1.97. The van der Waals surface area contributed by atoms with E-state index >= 15 is 0 Å². The van der Waals surface area contributed by atoms with Crippen molar-refractivity contribution in [3.8, 4) is 0 Å². The van der Waals surface area contributed by atoms with Crippen molar-refractivity contribution in [3.05, 3.63) is 0 Å². The minimum atomic E-state index is -2.14. The second-order valence-corrected chi connectivity index (χ2v) is 13.8. The molecule has 0 aromatic heterocycles. The molecule has 0 aromatic rings. The number of rotatable bonds is 5. The number of hydrogen-bond donors (Lipinski definition) is 2. The van der Waals surface area contributed by atoms with Crippen molar-refractivity contribution in [3.63, 3.8) is 0 Å². The molecule has 1 saturated carbocycles. The molecule has 0 radical (unpaired) electrons. The average Bonchev–Trinajstić information content (AvgIpc) is 2.47. The Balaban J connectivity index is 1.90. The molecule has 4 rings (SSSR count). The molecule has 2 N–H and O–H groups in total. The first-order chi connectivity index (χ1) is 11.0. The molecule has 0 aromatic carbocycles. The fourth-order valence-corrected chi connectivity index (χ4v) is 5.00. The Morgan fingerprint density at radius 3 is 2.38 bits per heavy atom. The van der Waals surface area contributed by atoms with Gasteiger partial charge >= 0.3 is 0 Å². The van der Waals surface area contributed by atoms with Gasteiger partial charge in [0, 0.05) is 5.88 Å². The van der Waals surface area contributed by atoms with Crippen molar-refractivity contribution in [2.75, 3.05) is 5.88 Å². The van der Waals surface area contributed by atoms with E-state index in [0.29, 0.717) is 18.7 Å². The summed E-state index contributed by atoms with van der Waals surface area (Å²) in [5.41, 5.74) is -1.32. The largest absolute Gasteiger partial charge is 0.408 e. The van der Waals surface area contributed by atoms with Gasteiger partial charge in [0.05, 0.1) is 0 Å². The van der Waals surface area contributed by atoms with Crippen molar-refractivity contribution in [1.82, 2.24) is 0 Å². The van der Waals surface area contributed by atoms with Gasteiger partial charge in [-0.15, -0.1) is 11.6 Å². The van der Waals surface area contributed by atoms with E-state index in [0.717, 1.165) is 0 Å². The SMILES string of the molecule is CC(C)(C)[Si](C)(C)O[C@@H]1[C@H]2O[C@H]3O[C@@H]([C@H]2O)[C@@](O)(CCCCl)[C@H]1O3. The van der Waals surface area contributed by atoms with Gasteiger partial charge in [-0.05, 0) is 31.0 Å². The summed E-state index contributed by atoms with van der Waals surface area (Å²) in [5.74, 6) is 0.426. The third kappa shape index (κ3) is 2.87. The van der Waals surface area contributed by atoms with Crippen LogP contribution in [-0.4, -0.2) is 67.0 Å². The first-order valence-corrected chi connectivity index (χ1v) is 12.1. The summed E-state index contributed by atoms with van der Waals surface area (Å²) in [4.78, 5) is 0. The van der Waals surface area contributed by atoms with E-state index in [1.807, 2.05) is 0 Å². The summed E-state index contributed by atoms with van der Waals surface area (Å²) in [6, 6.07) is 0. The summed E-state index contributed by atoms with van der Waals surface area (Å²) in [6.07, 6.45) is -2.33. The van der Waals surface area contributed by atoms with Gasteiger partial charge < -0.3 is 28.8 Å². The highest BCUT2D eigenvalue weighted by Gasteiger charge is 2.69. The molecule has 24 heavy (non-hydrogen) atoms. The minimum absolute atomic E-state index is 0.00261. The number of hydrogen-bond acceptors (Lipinski definition) is 6. The summed E-state index contributed by atoms with van der Waals surface area (Å²) >= 11 is 5.81. The quantitative estimate of drug-likeness (QED) is 0.561. The van der Waals surface area contributed by atoms with Crippen molar-refractivity contribution in [2.45, 2.75) is 94.3 Å². The van der Waals surface area contributed by atoms with Gasteiger partial charge in [-0.25, -0.2) is 0 Å². The second-order valence-electron chi connectivity index (χ2n) is 8.62. The van der Waals surface area contributed by atoms with Gasteiger partial charge in [-0.1, -0.05) is 20.8 Å². The molecule has 4 aliphatic rings. The van der Waals surface area contributed by atoms with E-state index in [-0.39, 0.29) is 5.04 Å². The van der Waals surface area contributed by atoms with E-state index in [1.165, 1.54) is 0 Å². The lowest BCUT2D eigenvalue weighted by molar-refractivity contribution is -0.499. The molecule has 3 heterocycles. The van der Waals surface area contributed by atoms with Gasteiger partial charge in [0.1, 0.15) is 36.1 Å². The Labute approximate surface area is 149 Å². The molecule has 3 saturated heterocycles. The molecule has 7 atom stereocenters. The maximum absolute atomic E-state index is 11.3. The Morgan fingerprint density at radius 1 is 1.17 bits per heavy atom. The lowest BCUT2D eigenvalue weighted by Crippen LogP contribution is -2.81. The van der Waals surface area contributed by atoms with Crippen LogP contribution in [0.4, 0.5) is 0 Å². The third-order valence-electron chi connectivity index (χ3n) is 5.99. The molecule has 0 amide bonds. The van der Waals surface area contributed by atoms with E-state index in [4.69, 9.17) is 30.2 Å². The molecular weight excluding hydrogens is 352 g/mol. The van der Waals surface area contributed by atoms with Crippen LogP contribution >= 0.6 is 11.6 Å². The highest BCUT2D eigenvalue weighted by atomic mass is 35.5. The van der Waals surface area contributed by atoms with E-state index in [2.05, 4.69) is 33.9 Å². The average molecular weight is 381 g/mol. The Morgan fingerprint density at radius 2 is 1.79 bits per heavy atom. The van der Waals surface area contributed by atoms with Crippen LogP contribution in [0.15, 0.2) is 0 Å². The van der Waals surface area contributed by atoms with E-state index in [9.17, 15) is 10.2 Å². The summed E-state index contributed by atoms with van der Waals surface area (Å²) in [7, 11) is -2.14. The molecule has 1 aliphatic carbocycles. The van der Waals surface area contributed by atoms with Gasteiger partial charge in [-0.2, -0.15) is 0 Å². The van der Waals surface area contributed by atoms with Crippen molar-refractivity contribution in [1.29, 1.82) is 0 Å². The molecule has 3 aliphatic heterocycles. The topological polar surface area (TPSA) is 77.4 Å². The molecule has 0 spiro atoms. The van der Waals surface area contributed by atoms with Gasteiger partial charge in [0.2, 0.25) is 0 Å². The van der Waals surface area contributed by atoms with Crippen LogP contribution in [0.25, 0.3) is 0 Å². The molecule has 8 heteroatoms. The molecular formula is C16H29ClO6Si. The van der Waals surface area contributed by atoms with Crippen molar-refractivity contribution >= 4 is 19.9 Å². The van der Waals surface area contributed by atoms with Crippen molar-refractivity contribution in [2.24, 2.45) is 0 Å². The highest BCUT2D eigenvalue weighted by molar-refractivity contribution is 6.74. The smallest absolute Gasteiger partial charge is 0.273 e. The molecule has 0 unspecified atom stereocenters. The van der Waals surface area contributed by atoms with Crippen molar-refractivity contribution < 1.29 is 28.8 Å². The Kier molecular flexibility index (Phi) is 4.89. The van der Waals surface area contributed by atoms with Crippen LogP contribution in [0.1, 0.15) is 33.6 Å². The fourth-order valence-electron chi connectivity index (χ4n) is 3.58. The number of ether oxygens (including phenoxy) is 3. The molecule has 4 fully saturated rings. The zero-order chi connectivity index (χ0) is 17.9. The zero-order valence-electron chi connectivity index (χ0n) is 15.0. The van der Waals surface area contributed by atoms with Crippen LogP contribution in [-0.2, 0) is 18.6 Å². The maximum Gasteiger partial charge on any atom is 0.273 e. The Bertz CT molecular complexity index is 484. The number of aliphatic hydroxyl groups excluding tert-OH is 1. The first kappa shape index (κ1) is 19.0. The summed E-state index contributed by atoms with van der Waals surface area (Å²) in [5, 5.41) is 21.9. The van der Waals surface area contributed by atoms with Crippen LogP contribution in [0.3, 0.4) is 0 Å². The predicted molar refractivity (Wildman–Crippen MR) is 91.4 cm³/mol. The number of aliphatic hydroxyl groups is 2. The van der Waals surface area contributed by atoms with E-state index in [1.54, 1.807) is 0 Å². The van der Waals surface area contributed by atoms with Crippen LogP contribution in [0.5, 0.6) is 0 Å². The number of halogens is 1.